The monoisotopic (exact) mass is 328 g/mol. The van der Waals surface area contributed by atoms with Crippen LogP contribution in [0.2, 0.25) is 0 Å². The van der Waals surface area contributed by atoms with Crippen molar-refractivity contribution in [2.24, 2.45) is 5.92 Å². The molecule has 1 amide bonds. The van der Waals surface area contributed by atoms with Crippen molar-refractivity contribution < 1.29 is 4.79 Å². The Morgan fingerprint density at radius 2 is 2.04 bits per heavy atom. The van der Waals surface area contributed by atoms with Crippen LogP contribution >= 0.6 is 0 Å². The van der Waals surface area contributed by atoms with E-state index in [9.17, 15) is 9.59 Å². The molecule has 1 fully saturated rings. The third-order valence-electron chi connectivity index (χ3n) is 4.26. The van der Waals surface area contributed by atoms with Crippen molar-refractivity contribution >= 4 is 16.7 Å². The van der Waals surface area contributed by atoms with E-state index in [-0.39, 0.29) is 23.4 Å². The number of hydrogen-bond acceptors (Lipinski definition) is 4. The molecule has 1 saturated heterocycles. The van der Waals surface area contributed by atoms with Crippen LogP contribution in [-0.4, -0.2) is 46.3 Å². The van der Waals surface area contributed by atoms with Crippen LogP contribution in [0.25, 0.3) is 10.8 Å². The van der Waals surface area contributed by atoms with Gasteiger partial charge in [-0.2, -0.15) is 5.10 Å². The number of carbonyl (C=O) groups is 1. The van der Waals surface area contributed by atoms with Crippen molar-refractivity contribution in [3.63, 3.8) is 0 Å². The highest BCUT2D eigenvalue weighted by Crippen LogP contribution is 2.16. The van der Waals surface area contributed by atoms with Crippen molar-refractivity contribution in [3.05, 3.63) is 40.3 Å². The summed E-state index contributed by atoms with van der Waals surface area (Å²) in [5, 5.41) is 8.96. The summed E-state index contributed by atoms with van der Waals surface area (Å²) < 4.78 is 1.44. The number of benzene rings is 1. The number of piperazine rings is 1. The number of carbonyl (C=O) groups excluding carboxylic acids is 1. The SMILES string of the molecule is CC(C)Cn1nc(C(=O)N2CCNC(C)C2)c2ccccc2c1=O. The second-order valence-electron chi connectivity index (χ2n) is 6.88. The molecular formula is C18H24N4O2. The number of nitrogens with one attached hydrogen (secondary N) is 1. The lowest BCUT2D eigenvalue weighted by Crippen LogP contribution is -2.51. The molecule has 3 rings (SSSR count). The first-order valence-corrected chi connectivity index (χ1v) is 8.50. The van der Waals surface area contributed by atoms with E-state index >= 15 is 0 Å². The van der Waals surface area contributed by atoms with Gasteiger partial charge in [0, 0.05) is 37.6 Å². The molecule has 0 spiro atoms. The Kier molecular flexibility index (Phi) is 4.66. The largest absolute Gasteiger partial charge is 0.334 e. The Morgan fingerprint density at radius 1 is 1.33 bits per heavy atom. The Hall–Kier alpha value is -2.21. The molecule has 2 heterocycles. The fourth-order valence-corrected chi connectivity index (χ4v) is 3.13. The van der Waals surface area contributed by atoms with Gasteiger partial charge in [0.05, 0.1) is 5.39 Å². The summed E-state index contributed by atoms with van der Waals surface area (Å²) in [5.41, 5.74) is 0.240. The number of hydrogen-bond donors (Lipinski definition) is 1. The van der Waals surface area contributed by atoms with Crippen LogP contribution in [0.1, 0.15) is 31.3 Å². The van der Waals surface area contributed by atoms with E-state index in [4.69, 9.17) is 0 Å². The molecular weight excluding hydrogens is 304 g/mol. The highest BCUT2D eigenvalue weighted by molar-refractivity contribution is 6.04. The molecule has 1 unspecified atom stereocenters. The second-order valence-corrected chi connectivity index (χ2v) is 6.88. The van der Waals surface area contributed by atoms with Gasteiger partial charge in [0.1, 0.15) is 0 Å². The number of aromatic nitrogens is 2. The lowest BCUT2D eigenvalue weighted by molar-refractivity contribution is 0.0702. The quantitative estimate of drug-likeness (QED) is 0.927. The first-order chi connectivity index (χ1) is 11.5. The molecule has 6 heteroatoms. The topological polar surface area (TPSA) is 67.2 Å². The van der Waals surface area contributed by atoms with Gasteiger partial charge in [-0.05, 0) is 18.9 Å². The van der Waals surface area contributed by atoms with Gasteiger partial charge in [0.15, 0.2) is 5.69 Å². The van der Waals surface area contributed by atoms with Crippen LogP contribution in [-0.2, 0) is 6.54 Å². The lowest BCUT2D eigenvalue weighted by atomic mass is 10.1. The van der Waals surface area contributed by atoms with Gasteiger partial charge in [-0.15, -0.1) is 0 Å². The molecule has 6 nitrogen and oxygen atoms in total. The zero-order valence-corrected chi connectivity index (χ0v) is 14.5. The van der Waals surface area contributed by atoms with Crippen LogP contribution in [0, 0.1) is 5.92 Å². The fraction of sp³-hybridized carbons (Fsp3) is 0.500. The molecule has 1 aromatic carbocycles. The molecule has 24 heavy (non-hydrogen) atoms. The number of rotatable bonds is 3. The van der Waals surface area contributed by atoms with E-state index < -0.39 is 0 Å². The molecule has 128 valence electrons. The first-order valence-electron chi connectivity index (χ1n) is 8.50. The minimum absolute atomic E-state index is 0.0999. The molecule has 0 aliphatic carbocycles. The van der Waals surface area contributed by atoms with Crippen LogP contribution < -0.4 is 10.9 Å². The molecule has 1 N–H and O–H groups in total. The van der Waals surface area contributed by atoms with Gasteiger partial charge in [-0.3, -0.25) is 9.59 Å². The first kappa shape index (κ1) is 16.6. The van der Waals surface area contributed by atoms with Gasteiger partial charge in [0.25, 0.3) is 11.5 Å². The Morgan fingerprint density at radius 3 is 2.71 bits per heavy atom. The molecule has 1 aromatic heterocycles. The van der Waals surface area contributed by atoms with E-state index in [1.165, 1.54) is 4.68 Å². The average Bonchev–Trinajstić information content (AvgIpc) is 2.56. The summed E-state index contributed by atoms with van der Waals surface area (Å²) >= 11 is 0. The van der Waals surface area contributed by atoms with Crippen molar-refractivity contribution in [3.8, 4) is 0 Å². The summed E-state index contributed by atoms with van der Waals surface area (Å²) in [7, 11) is 0. The number of fused-ring (bicyclic) bond motifs is 1. The van der Waals surface area contributed by atoms with Crippen LogP contribution in [0.5, 0.6) is 0 Å². The third-order valence-corrected chi connectivity index (χ3v) is 4.26. The fourth-order valence-electron chi connectivity index (χ4n) is 3.13. The third kappa shape index (κ3) is 3.19. The summed E-state index contributed by atoms with van der Waals surface area (Å²) in [5.74, 6) is 0.176. The zero-order chi connectivity index (χ0) is 17.3. The number of amides is 1. The van der Waals surface area contributed by atoms with Crippen molar-refractivity contribution in [1.82, 2.24) is 20.0 Å². The maximum absolute atomic E-state index is 13.0. The number of nitrogens with zero attached hydrogens (tertiary/aromatic N) is 3. The minimum Gasteiger partial charge on any atom is -0.334 e. The van der Waals surface area contributed by atoms with Crippen LogP contribution in [0.15, 0.2) is 29.1 Å². The predicted octanol–water partition coefficient (Wildman–Crippen LogP) is 1.49. The maximum Gasteiger partial charge on any atom is 0.275 e. The van der Waals surface area contributed by atoms with Gasteiger partial charge in [0.2, 0.25) is 0 Å². The summed E-state index contributed by atoms with van der Waals surface area (Å²) in [4.78, 5) is 27.5. The van der Waals surface area contributed by atoms with E-state index in [1.54, 1.807) is 6.07 Å². The molecule has 1 aliphatic rings. The second kappa shape index (κ2) is 6.73. The van der Waals surface area contributed by atoms with Crippen LogP contribution in [0.3, 0.4) is 0 Å². The molecule has 0 saturated carbocycles. The highest BCUT2D eigenvalue weighted by Gasteiger charge is 2.25. The van der Waals surface area contributed by atoms with E-state index in [0.29, 0.717) is 36.1 Å². The predicted molar refractivity (Wildman–Crippen MR) is 94.2 cm³/mol. The Bertz CT molecular complexity index is 812. The molecule has 0 bridgehead atoms. The highest BCUT2D eigenvalue weighted by atomic mass is 16.2. The standard InChI is InChI=1S/C18H24N4O2/c1-12(2)10-22-17(23)15-7-5-4-6-14(15)16(20-22)18(24)21-9-8-19-13(3)11-21/h4-7,12-13,19H,8-11H2,1-3H3. The van der Waals surface area contributed by atoms with E-state index in [2.05, 4.69) is 17.3 Å². The maximum atomic E-state index is 13.0. The summed E-state index contributed by atoms with van der Waals surface area (Å²) in [6, 6.07) is 7.50. The van der Waals surface area contributed by atoms with Gasteiger partial charge in [-0.25, -0.2) is 4.68 Å². The summed E-state index contributed by atoms with van der Waals surface area (Å²) in [6.45, 7) is 8.70. The van der Waals surface area contributed by atoms with Crippen LogP contribution in [0.4, 0.5) is 0 Å². The van der Waals surface area contributed by atoms with Crippen molar-refractivity contribution in [2.75, 3.05) is 19.6 Å². The smallest absolute Gasteiger partial charge is 0.275 e. The molecule has 1 aliphatic heterocycles. The Balaban J connectivity index is 2.10. The van der Waals surface area contributed by atoms with Crippen molar-refractivity contribution in [1.29, 1.82) is 0 Å². The average molecular weight is 328 g/mol. The normalized spacial score (nSPS) is 18.3. The van der Waals surface area contributed by atoms with Crippen molar-refractivity contribution in [2.45, 2.75) is 33.4 Å². The summed E-state index contributed by atoms with van der Waals surface area (Å²) in [6.07, 6.45) is 0. The van der Waals surface area contributed by atoms with Gasteiger partial charge >= 0.3 is 0 Å². The van der Waals surface area contributed by atoms with E-state index in [0.717, 1.165) is 6.54 Å². The molecule has 2 aromatic rings. The van der Waals surface area contributed by atoms with E-state index in [1.807, 2.05) is 36.9 Å². The van der Waals surface area contributed by atoms with Gasteiger partial charge in [-0.1, -0.05) is 32.0 Å². The minimum atomic E-state index is -0.135. The Labute approximate surface area is 141 Å². The van der Waals surface area contributed by atoms with Gasteiger partial charge < -0.3 is 10.2 Å². The molecule has 0 radical (unpaired) electrons. The zero-order valence-electron chi connectivity index (χ0n) is 14.5. The molecule has 1 atom stereocenters. The lowest BCUT2D eigenvalue weighted by Gasteiger charge is -2.31.